The first kappa shape index (κ1) is 21.2. The van der Waals surface area contributed by atoms with Gasteiger partial charge in [0, 0.05) is 5.39 Å². The van der Waals surface area contributed by atoms with E-state index in [4.69, 9.17) is 5.73 Å². The number of carbonyl (C=O) groups is 2. The van der Waals surface area contributed by atoms with Crippen molar-refractivity contribution in [3.63, 3.8) is 0 Å². The van der Waals surface area contributed by atoms with Gasteiger partial charge in [-0.3, -0.25) is 24.4 Å². The minimum absolute atomic E-state index is 0.0643. The molecule has 0 aliphatic rings. The molecule has 2 amide bonds. The molecule has 158 valence electrons. The van der Waals surface area contributed by atoms with Crippen LogP contribution in [0.3, 0.4) is 0 Å². The lowest BCUT2D eigenvalue weighted by Gasteiger charge is -2.10. The fraction of sp³-hybridized carbons (Fsp3) is 0.250. The van der Waals surface area contributed by atoms with Crippen LogP contribution >= 0.6 is 11.3 Å². The third-order valence-corrected chi connectivity index (χ3v) is 5.30. The summed E-state index contributed by atoms with van der Waals surface area (Å²) < 4.78 is 40.2. The molecule has 0 unspecified atom stereocenters. The number of nitro groups is 1. The Bertz CT molecular complexity index is 1200. The number of rotatable bonds is 5. The van der Waals surface area contributed by atoms with E-state index in [1.54, 1.807) is 0 Å². The highest BCUT2D eigenvalue weighted by atomic mass is 32.1. The number of hydrogen-bond acceptors (Lipinski definition) is 7. The number of nitrogens with zero attached hydrogens (tertiary/aromatic N) is 4. The van der Waals surface area contributed by atoms with E-state index in [0.717, 1.165) is 16.9 Å². The Labute approximate surface area is 169 Å². The Morgan fingerprint density at radius 1 is 1.37 bits per heavy atom. The summed E-state index contributed by atoms with van der Waals surface area (Å²) in [5, 5.41) is 17.3. The Morgan fingerprint density at radius 2 is 2.03 bits per heavy atom. The molecule has 3 rings (SSSR count). The van der Waals surface area contributed by atoms with Gasteiger partial charge in [-0.15, -0.1) is 11.3 Å². The molecule has 14 heteroatoms. The minimum atomic E-state index is -4.69. The van der Waals surface area contributed by atoms with Crippen molar-refractivity contribution in [1.82, 2.24) is 14.8 Å². The highest BCUT2D eigenvalue weighted by Crippen LogP contribution is 2.39. The Kier molecular flexibility index (Phi) is 5.20. The lowest BCUT2D eigenvalue weighted by Crippen LogP contribution is -2.22. The van der Waals surface area contributed by atoms with Crippen LogP contribution in [0.1, 0.15) is 26.6 Å². The molecule has 0 saturated carbocycles. The highest BCUT2D eigenvalue weighted by Gasteiger charge is 2.34. The van der Waals surface area contributed by atoms with E-state index in [1.807, 2.05) is 0 Å². The molecule has 0 aromatic carbocycles. The maximum atomic E-state index is 13.0. The summed E-state index contributed by atoms with van der Waals surface area (Å²) in [5.41, 5.74) is 4.11. The second-order valence-corrected chi connectivity index (χ2v) is 7.25. The molecule has 0 fully saturated rings. The zero-order valence-electron chi connectivity index (χ0n) is 15.4. The molecule has 0 aliphatic carbocycles. The molecule has 0 aliphatic heterocycles. The van der Waals surface area contributed by atoms with Crippen LogP contribution < -0.4 is 11.1 Å². The second-order valence-electron chi connectivity index (χ2n) is 6.25. The van der Waals surface area contributed by atoms with Crippen LogP contribution in [0.2, 0.25) is 0 Å². The van der Waals surface area contributed by atoms with E-state index >= 15 is 0 Å². The summed E-state index contributed by atoms with van der Waals surface area (Å²) >= 11 is 0.624. The fourth-order valence-corrected chi connectivity index (χ4v) is 3.87. The average molecular weight is 442 g/mol. The largest absolute Gasteiger partial charge is 0.433 e. The first-order valence-corrected chi connectivity index (χ1v) is 8.99. The molecule has 0 saturated heterocycles. The monoisotopic (exact) mass is 442 g/mol. The highest BCUT2D eigenvalue weighted by molar-refractivity contribution is 7.21. The summed E-state index contributed by atoms with van der Waals surface area (Å²) in [6.45, 7) is 2.36. The summed E-state index contributed by atoms with van der Waals surface area (Å²) in [7, 11) is 0. The van der Waals surface area contributed by atoms with Crippen molar-refractivity contribution < 1.29 is 27.7 Å². The van der Waals surface area contributed by atoms with Gasteiger partial charge >= 0.3 is 11.9 Å². The summed E-state index contributed by atoms with van der Waals surface area (Å²) in [6, 6.07) is 0.802. The Hall–Kier alpha value is -3.55. The first-order valence-electron chi connectivity index (χ1n) is 8.18. The maximum Gasteiger partial charge on any atom is 0.433 e. The van der Waals surface area contributed by atoms with Crippen LogP contribution in [0, 0.1) is 24.0 Å². The molecule has 30 heavy (non-hydrogen) atoms. The van der Waals surface area contributed by atoms with E-state index in [2.05, 4.69) is 15.4 Å². The van der Waals surface area contributed by atoms with E-state index < -0.39 is 35.2 Å². The van der Waals surface area contributed by atoms with Gasteiger partial charge in [-0.05, 0) is 25.5 Å². The number of aryl methyl sites for hydroxylation is 1. The number of nitrogens with two attached hydrogens (primary N) is 1. The van der Waals surface area contributed by atoms with Gasteiger partial charge in [0.25, 0.3) is 5.91 Å². The number of halogens is 3. The van der Waals surface area contributed by atoms with Crippen molar-refractivity contribution in [2.24, 2.45) is 5.73 Å². The predicted molar refractivity (Wildman–Crippen MR) is 100 cm³/mol. The topological polar surface area (TPSA) is 146 Å². The van der Waals surface area contributed by atoms with Crippen molar-refractivity contribution in [2.75, 3.05) is 5.32 Å². The number of thiophene rings is 1. The quantitative estimate of drug-likeness (QED) is 0.459. The number of anilines is 1. The number of nitrogens with one attached hydrogen (secondary N) is 1. The van der Waals surface area contributed by atoms with Crippen molar-refractivity contribution in [2.45, 2.75) is 26.6 Å². The van der Waals surface area contributed by atoms with Crippen LogP contribution in [0.15, 0.2) is 12.3 Å². The molecule has 3 aromatic rings. The Balaban J connectivity index is 2.00. The fourth-order valence-electron chi connectivity index (χ4n) is 2.81. The van der Waals surface area contributed by atoms with E-state index in [0.29, 0.717) is 11.3 Å². The number of primary amides is 1. The third kappa shape index (κ3) is 3.80. The molecule has 3 aromatic heterocycles. The van der Waals surface area contributed by atoms with Gasteiger partial charge in [0.05, 0.1) is 10.6 Å². The SMILES string of the molecule is Cc1cc(C(F)(F)F)nc2sc(C(N)=O)c(NC(=O)Cn3ncc([N+](=O)[O-])c3C)c12. The maximum absolute atomic E-state index is 13.0. The Morgan fingerprint density at radius 3 is 2.57 bits per heavy atom. The number of aromatic nitrogens is 3. The minimum Gasteiger partial charge on any atom is -0.365 e. The lowest BCUT2D eigenvalue weighted by atomic mass is 10.1. The molecule has 10 nitrogen and oxygen atoms in total. The summed E-state index contributed by atoms with van der Waals surface area (Å²) in [6.07, 6.45) is -3.70. The van der Waals surface area contributed by atoms with Crippen LogP contribution in [0.25, 0.3) is 10.2 Å². The molecule has 0 spiro atoms. The predicted octanol–water partition coefficient (Wildman–Crippen LogP) is 2.77. The van der Waals surface area contributed by atoms with Crippen molar-refractivity contribution in [3.8, 4) is 0 Å². The number of carbonyl (C=O) groups excluding carboxylic acids is 2. The molecule has 0 bridgehead atoms. The van der Waals surface area contributed by atoms with Gasteiger partial charge in [0.15, 0.2) is 0 Å². The second kappa shape index (κ2) is 7.37. The first-order chi connectivity index (χ1) is 13.9. The van der Waals surface area contributed by atoms with Gasteiger partial charge in [0.1, 0.15) is 33.8 Å². The van der Waals surface area contributed by atoms with Crippen LogP contribution in [0.5, 0.6) is 0 Å². The number of amides is 2. The van der Waals surface area contributed by atoms with Gasteiger partial charge in [-0.2, -0.15) is 18.3 Å². The molecular weight excluding hydrogens is 429 g/mol. The van der Waals surface area contributed by atoms with E-state index in [-0.39, 0.29) is 37.7 Å². The van der Waals surface area contributed by atoms with Crippen molar-refractivity contribution >= 4 is 44.7 Å². The van der Waals surface area contributed by atoms with Gasteiger partial charge in [-0.25, -0.2) is 4.98 Å². The van der Waals surface area contributed by atoms with E-state index in [1.165, 1.54) is 13.8 Å². The summed E-state index contributed by atoms with van der Waals surface area (Å²) in [4.78, 5) is 37.8. The van der Waals surface area contributed by atoms with Gasteiger partial charge < -0.3 is 11.1 Å². The molecular formula is C16H13F3N6O4S. The molecule has 0 atom stereocenters. The van der Waals surface area contributed by atoms with Crippen molar-refractivity contribution in [1.29, 1.82) is 0 Å². The zero-order valence-corrected chi connectivity index (χ0v) is 16.2. The van der Waals surface area contributed by atoms with Crippen LogP contribution in [0.4, 0.5) is 24.5 Å². The average Bonchev–Trinajstić information content (AvgIpc) is 3.16. The smallest absolute Gasteiger partial charge is 0.365 e. The van der Waals surface area contributed by atoms with Crippen LogP contribution in [-0.4, -0.2) is 31.5 Å². The number of fused-ring (bicyclic) bond motifs is 1. The lowest BCUT2D eigenvalue weighted by molar-refractivity contribution is -0.385. The number of pyridine rings is 1. The number of hydrogen-bond donors (Lipinski definition) is 2. The third-order valence-electron chi connectivity index (χ3n) is 4.21. The molecule has 3 N–H and O–H groups in total. The van der Waals surface area contributed by atoms with Crippen LogP contribution in [-0.2, 0) is 17.5 Å². The van der Waals surface area contributed by atoms with E-state index in [9.17, 15) is 32.9 Å². The van der Waals surface area contributed by atoms with Gasteiger partial charge in [0.2, 0.25) is 5.91 Å². The zero-order chi connectivity index (χ0) is 22.4. The summed E-state index contributed by atoms with van der Waals surface area (Å²) in [5.74, 6) is -1.66. The van der Waals surface area contributed by atoms with Crippen molar-refractivity contribution in [3.05, 3.63) is 44.2 Å². The number of alkyl halides is 3. The van der Waals surface area contributed by atoms with Gasteiger partial charge in [-0.1, -0.05) is 0 Å². The normalized spacial score (nSPS) is 11.6. The standard InChI is InChI=1S/C16H13F3N6O4S/c1-6-3-9(16(17,18)19)22-15-11(6)12(13(30-15)14(20)27)23-10(26)5-24-7(2)8(4-21-24)25(28)29/h3-4H,5H2,1-2H3,(H2,20,27)(H,23,26). The molecule has 3 heterocycles. The molecule has 0 radical (unpaired) electrons.